The van der Waals surface area contributed by atoms with Gasteiger partial charge in [0.2, 0.25) is 0 Å². The second-order valence-corrected chi connectivity index (χ2v) is 8.21. The van der Waals surface area contributed by atoms with E-state index in [0.717, 1.165) is 23.6 Å². The third-order valence-electron chi connectivity index (χ3n) is 5.97. The predicted molar refractivity (Wildman–Crippen MR) is 124 cm³/mol. The first-order valence-corrected chi connectivity index (χ1v) is 11.1. The van der Waals surface area contributed by atoms with E-state index in [0.29, 0.717) is 0 Å². The van der Waals surface area contributed by atoms with Gasteiger partial charge >= 0.3 is 5.97 Å². The lowest BCUT2D eigenvalue weighted by Crippen LogP contribution is -2.60. The molecule has 1 aliphatic rings. The molecule has 1 aliphatic heterocycles. The van der Waals surface area contributed by atoms with Gasteiger partial charge in [-0.15, -0.1) is 0 Å². The first kappa shape index (κ1) is 24.1. The third-order valence-corrected chi connectivity index (χ3v) is 5.97. The lowest BCUT2D eigenvalue weighted by molar-refractivity contribution is -0.294. The van der Waals surface area contributed by atoms with Crippen molar-refractivity contribution in [1.29, 1.82) is 0 Å². The maximum Gasteiger partial charge on any atom is 0.303 e. The highest BCUT2D eigenvalue weighted by atomic mass is 16.7. The van der Waals surface area contributed by atoms with Crippen molar-refractivity contribution in [3.05, 3.63) is 108 Å². The van der Waals surface area contributed by atoms with Crippen molar-refractivity contribution in [2.24, 2.45) is 0 Å². The Kier molecular flexibility index (Phi) is 7.41. The fraction of sp³-hybridized carbons (Fsp3) is 0.296. The van der Waals surface area contributed by atoms with Crippen LogP contribution in [0.1, 0.15) is 23.6 Å². The number of benzene rings is 3. The molecule has 0 radical (unpaired) electrons. The van der Waals surface area contributed by atoms with Gasteiger partial charge in [-0.05, 0) is 16.7 Å². The molecule has 178 valence electrons. The number of hydrogen-bond acceptors (Lipinski definition) is 7. The Labute approximate surface area is 198 Å². The fourth-order valence-corrected chi connectivity index (χ4v) is 4.36. The Balaban J connectivity index is 1.74. The molecule has 1 heterocycles. The molecule has 1 saturated heterocycles. The van der Waals surface area contributed by atoms with Crippen molar-refractivity contribution in [1.82, 2.24) is 0 Å². The highest BCUT2D eigenvalue weighted by Crippen LogP contribution is 2.41. The average Bonchev–Trinajstić information content (AvgIpc) is 2.87. The van der Waals surface area contributed by atoms with E-state index in [9.17, 15) is 20.1 Å². The van der Waals surface area contributed by atoms with E-state index in [2.05, 4.69) is 0 Å². The zero-order valence-electron chi connectivity index (χ0n) is 18.7. The largest absolute Gasteiger partial charge is 0.457 e. The molecule has 1 fully saturated rings. The number of aliphatic hydroxyl groups excluding tert-OH is 3. The molecule has 7 nitrogen and oxygen atoms in total. The minimum absolute atomic E-state index is 0.165. The van der Waals surface area contributed by atoms with Crippen LogP contribution in [-0.4, -0.2) is 58.6 Å². The van der Waals surface area contributed by atoms with E-state index in [-0.39, 0.29) is 6.61 Å². The number of ether oxygens (including phenoxy) is 3. The lowest BCUT2D eigenvalue weighted by Gasteiger charge is -2.42. The summed E-state index contributed by atoms with van der Waals surface area (Å²) in [5, 5.41) is 31.2. The number of carbonyl (C=O) groups is 1. The molecular formula is C27H28O7. The monoisotopic (exact) mass is 464 g/mol. The van der Waals surface area contributed by atoms with Gasteiger partial charge in [-0.25, -0.2) is 0 Å². The van der Waals surface area contributed by atoms with E-state index in [1.807, 2.05) is 91.0 Å². The van der Waals surface area contributed by atoms with E-state index in [4.69, 9.17) is 14.2 Å². The van der Waals surface area contributed by atoms with Crippen LogP contribution in [0.2, 0.25) is 0 Å². The SMILES string of the molecule is CC(=O)OC1C(O)C(O)OC(COC(c2ccccc2)(c2ccccc2)c2ccccc2)C1O. The van der Waals surface area contributed by atoms with Gasteiger partial charge in [-0.2, -0.15) is 0 Å². The van der Waals surface area contributed by atoms with Gasteiger partial charge in [0.1, 0.15) is 23.9 Å². The quantitative estimate of drug-likeness (QED) is 0.364. The normalized spacial score (nSPS) is 25.0. The van der Waals surface area contributed by atoms with Gasteiger partial charge in [0.05, 0.1) is 6.61 Å². The van der Waals surface area contributed by atoms with E-state index in [1.54, 1.807) is 0 Å². The summed E-state index contributed by atoms with van der Waals surface area (Å²) in [4.78, 5) is 11.5. The molecule has 0 bridgehead atoms. The Hall–Kier alpha value is -3.07. The zero-order valence-corrected chi connectivity index (χ0v) is 18.7. The summed E-state index contributed by atoms with van der Waals surface area (Å²) in [6.07, 6.45) is -7.08. The minimum atomic E-state index is -1.65. The topological polar surface area (TPSA) is 105 Å². The smallest absolute Gasteiger partial charge is 0.303 e. The molecule has 0 saturated carbocycles. The second kappa shape index (κ2) is 10.5. The molecule has 5 unspecified atom stereocenters. The summed E-state index contributed by atoms with van der Waals surface area (Å²) in [5.41, 5.74) is 1.50. The summed E-state index contributed by atoms with van der Waals surface area (Å²) in [6, 6.07) is 29.0. The van der Waals surface area contributed by atoms with Crippen molar-refractivity contribution < 1.29 is 34.3 Å². The Morgan fingerprint density at radius 2 is 1.24 bits per heavy atom. The summed E-state index contributed by atoms with van der Waals surface area (Å²) in [7, 11) is 0. The molecule has 3 aromatic carbocycles. The number of aliphatic hydroxyl groups is 3. The van der Waals surface area contributed by atoms with Crippen LogP contribution in [0.15, 0.2) is 91.0 Å². The Morgan fingerprint density at radius 3 is 1.65 bits per heavy atom. The second-order valence-electron chi connectivity index (χ2n) is 8.21. The number of carbonyl (C=O) groups excluding carboxylic acids is 1. The standard InChI is InChI=1S/C27H28O7/c1-18(28)33-25-23(29)22(34-26(31)24(25)30)17-32-27(19-11-5-2-6-12-19,20-13-7-3-8-14-20)21-15-9-4-10-16-21/h2-16,22-26,29-31H,17H2,1H3. The molecular weight excluding hydrogens is 436 g/mol. The molecule has 7 heteroatoms. The predicted octanol–water partition coefficient (Wildman–Crippen LogP) is 2.37. The summed E-state index contributed by atoms with van der Waals surface area (Å²) in [6.45, 7) is 0.999. The molecule has 0 aliphatic carbocycles. The van der Waals surface area contributed by atoms with E-state index >= 15 is 0 Å². The van der Waals surface area contributed by atoms with Gasteiger partial charge in [0.25, 0.3) is 0 Å². The fourth-order valence-electron chi connectivity index (χ4n) is 4.36. The zero-order chi connectivity index (χ0) is 24.1. The first-order valence-electron chi connectivity index (χ1n) is 11.1. The van der Waals surface area contributed by atoms with Crippen molar-refractivity contribution in [2.75, 3.05) is 6.61 Å². The maximum atomic E-state index is 11.5. The van der Waals surface area contributed by atoms with Crippen LogP contribution in [0, 0.1) is 0 Å². The number of esters is 1. The number of rotatable bonds is 7. The van der Waals surface area contributed by atoms with Gasteiger partial charge in [0.15, 0.2) is 12.4 Å². The summed E-state index contributed by atoms with van der Waals surface area (Å²) in [5.74, 6) is -0.691. The van der Waals surface area contributed by atoms with Crippen molar-refractivity contribution in [3.8, 4) is 0 Å². The van der Waals surface area contributed by atoms with Crippen molar-refractivity contribution in [3.63, 3.8) is 0 Å². The van der Waals surface area contributed by atoms with Crippen LogP contribution >= 0.6 is 0 Å². The minimum Gasteiger partial charge on any atom is -0.457 e. The van der Waals surface area contributed by atoms with E-state index in [1.165, 1.54) is 0 Å². The van der Waals surface area contributed by atoms with E-state index < -0.39 is 42.3 Å². The maximum absolute atomic E-state index is 11.5. The molecule has 0 amide bonds. The van der Waals surface area contributed by atoms with Gasteiger partial charge in [-0.1, -0.05) is 91.0 Å². The lowest BCUT2D eigenvalue weighted by atomic mass is 9.80. The Morgan fingerprint density at radius 1 is 0.794 bits per heavy atom. The Bertz CT molecular complexity index is 961. The first-order chi connectivity index (χ1) is 16.4. The molecule has 34 heavy (non-hydrogen) atoms. The molecule has 0 spiro atoms. The number of hydrogen-bond donors (Lipinski definition) is 3. The van der Waals surface area contributed by atoms with Crippen LogP contribution in [0.4, 0.5) is 0 Å². The average molecular weight is 465 g/mol. The summed E-state index contributed by atoms with van der Waals surface area (Å²) < 4.78 is 17.1. The highest BCUT2D eigenvalue weighted by molar-refractivity contribution is 5.66. The van der Waals surface area contributed by atoms with Crippen LogP contribution in [-0.2, 0) is 24.6 Å². The van der Waals surface area contributed by atoms with Crippen molar-refractivity contribution >= 4 is 5.97 Å². The van der Waals surface area contributed by atoms with Gasteiger partial charge in [0, 0.05) is 6.92 Å². The molecule has 0 aromatic heterocycles. The van der Waals surface area contributed by atoms with Crippen molar-refractivity contribution in [2.45, 2.75) is 43.2 Å². The summed E-state index contributed by atoms with van der Waals surface area (Å²) >= 11 is 0. The van der Waals surface area contributed by atoms with Crippen LogP contribution in [0.25, 0.3) is 0 Å². The van der Waals surface area contributed by atoms with Gasteiger partial charge < -0.3 is 29.5 Å². The van der Waals surface area contributed by atoms with Crippen LogP contribution in [0.5, 0.6) is 0 Å². The third kappa shape index (κ3) is 4.75. The molecule has 3 aromatic rings. The highest BCUT2D eigenvalue weighted by Gasteiger charge is 2.47. The van der Waals surface area contributed by atoms with Crippen LogP contribution < -0.4 is 0 Å². The molecule has 5 atom stereocenters. The van der Waals surface area contributed by atoms with Crippen LogP contribution in [0.3, 0.4) is 0 Å². The van der Waals surface area contributed by atoms with Gasteiger partial charge in [-0.3, -0.25) is 4.79 Å². The molecule has 3 N–H and O–H groups in total. The molecule has 4 rings (SSSR count).